The van der Waals surface area contributed by atoms with E-state index in [9.17, 15) is 0 Å². The Hall–Kier alpha value is -0.450. The van der Waals surface area contributed by atoms with Gasteiger partial charge in [0.2, 0.25) is 0 Å². The van der Waals surface area contributed by atoms with Crippen molar-refractivity contribution in [3.63, 3.8) is 0 Å². The van der Waals surface area contributed by atoms with E-state index in [0.29, 0.717) is 5.41 Å². The molecule has 0 unspecified atom stereocenters. The van der Waals surface area contributed by atoms with E-state index in [1.807, 2.05) is 11.6 Å². The molecule has 4 heteroatoms. The molecule has 1 aliphatic rings. The summed E-state index contributed by atoms with van der Waals surface area (Å²) in [6, 6.07) is 0. The largest absolute Gasteiger partial charge is 0.380 e. The highest BCUT2D eigenvalue weighted by Crippen LogP contribution is 2.28. The van der Waals surface area contributed by atoms with E-state index in [1.54, 1.807) is 11.3 Å². The van der Waals surface area contributed by atoms with Gasteiger partial charge < -0.3 is 10.1 Å². The van der Waals surface area contributed by atoms with Gasteiger partial charge in [-0.3, -0.25) is 0 Å². The summed E-state index contributed by atoms with van der Waals surface area (Å²) >= 11 is 1.70. The van der Waals surface area contributed by atoms with Gasteiger partial charge in [0, 0.05) is 23.5 Å². The molecule has 1 fully saturated rings. The fourth-order valence-corrected chi connectivity index (χ4v) is 2.33. The SMILES string of the molecule is CC1(CNC(C)(C)c2nccs2)COC1. The minimum atomic E-state index is -0.0350. The highest BCUT2D eigenvalue weighted by atomic mass is 32.1. The zero-order chi connectivity index (χ0) is 10.9. The van der Waals surface area contributed by atoms with Crippen molar-refractivity contribution in [2.75, 3.05) is 19.8 Å². The molecule has 3 nitrogen and oxygen atoms in total. The second kappa shape index (κ2) is 3.85. The molecule has 1 aromatic rings. The van der Waals surface area contributed by atoms with Crippen LogP contribution in [0.4, 0.5) is 0 Å². The molecule has 0 bridgehead atoms. The van der Waals surface area contributed by atoms with Crippen LogP contribution < -0.4 is 5.32 Å². The molecule has 1 aromatic heterocycles. The van der Waals surface area contributed by atoms with E-state index in [0.717, 1.165) is 24.8 Å². The molecule has 2 heterocycles. The zero-order valence-electron chi connectivity index (χ0n) is 9.54. The maximum atomic E-state index is 5.24. The summed E-state index contributed by atoms with van der Waals surface area (Å²) in [4.78, 5) is 4.36. The summed E-state index contributed by atoms with van der Waals surface area (Å²) in [7, 11) is 0. The number of rotatable bonds is 4. The molecule has 1 N–H and O–H groups in total. The van der Waals surface area contributed by atoms with Crippen LogP contribution in [-0.2, 0) is 10.3 Å². The molecule has 15 heavy (non-hydrogen) atoms. The van der Waals surface area contributed by atoms with Gasteiger partial charge in [-0.15, -0.1) is 11.3 Å². The normalized spacial score (nSPS) is 19.9. The van der Waals surface area contributed by atoms with Crippen molar-refractivity contribution in [2.45, 2.75) is 26.3 Å². The summed E-state index contributed by atoms with van der Waals surface area (Å²) < 4.78 is 5.24. The van der Waals surface area contributed by atoms with Crippen LogP contribution in [0.2, 0.25) is 0 Å². The third-order valence-corrected chi connectivity index (χ3v) is 3.92. The van der Waals surface area contributed by atoms with Crippen molar-refractivity contribution in [2.24, 2.45) is 5.41 Å². The maximum Gasteiger partial charge on any atom is 0.112 e. The molecule has 0 spiro atoms. The van der Waals surface area contributed by atoms with Gasteiger partial charge in [0.05, 0.1) is 18.8 Å². The number of hydrogen-bond acceptors (Lipinski definition) is 4. The zero-order valence-corrected chi connectivity index (χ0v) is 10.4. The van der Waals surface area contributed by atoms with Crippen molar-refractivity contribution in [3.8, 4) is 0 Å². The number of aromatic nitrogens is 1. The second-order valence-corrected chi connectivity index (χ2v) is 6.01. The number of nitrogens with one attached hydrogen (secondary N) is 1. The molecule has 0 radical (unpaired) electrons. The average molecular weight is 226 g/mol. The Labute approximate surface area is 94.9 Å². The Morgan fingerprint density at radius 2 is 2.33 bits per heavy atom. The third-order valence-electron chi connectivity index (χ3n) is 2.83. The Morgan fingerprint density at radius 1 is 1.60 bits per heavy atom. The van der Waals surface area contributed by atoms with Gasteiger partial charge in [0.1, 0.15) is 5.01 Å². The summed E-state index contributed by atoms with van der Waals surface area (Å²) in [5.41, 5.74) is 0.279. The lowest BCUT2D eigenvalue weighted by Crippen LogP contribution is -2.51. The Kier molecular flexibility index (Phi) is 2.83. The van der Waals surface area contributed by atoms with Gasteiger partial charge in [0.25, 0.3) is 0 Å². The molecule has 0 aromatic carbocycles. The van der Waals surface area contributed by atoms with Gasteiger partial charge >= 0.3 is 0 Å². The van der Waals surface area contributed by atoms with Gasteiger partial charge in [0.15, 0.2) is 0 Å². The van der Waals surface area contributed by atoms with Crippen molar-refractivity contribution in [1.29, 1.82) is 0 Å². The van der Waals surface area contributed by atoms with E-state index in [-0.39, 0.29) is 5.54 Å². The molecule has 84 valence electrons. The fraction of sp³-hybridized carbons (Fsp3) is 0.727. The fourth-order valence-electron chi connectivity index (χ4n) is 1.59. The lowest BCUT2D eigenvalue weighted by atomic mass is 9.87. The van der Waals surface area contributed by atoms with Crippen LogP contribution in [0, 0.1) is 5.41 Å². The Morgan fingerprint density at radius 3 is 2.80 bits per heavy atom. The minimum Gasteiger partial charge on any atom is -0.380 e. The van der Waals surface area contributed by atoms with Crippen LogP contribution in [0.5, 0.6) is 0 Å². The first kappa shape index (κ1) is 11.0. The van der Waals surface area contributed by atoms with Gasteiger partial charge in [-0.05, 0) is 13.8 Å². The van der Waals surface area contributed by atoms with Gasteiger partial charge in [-0.2, -0.15) is 0 Å². The molecular formula is C11H18N2OS. The number of ether oxygens (including phenoxy) is 1. The number of thiazole rings is 1. The molecular weight excluding hydrogens is 208 g/mol. The topological polar surface area (TPSA) is 34.2 Å². The predicted octanol–water partition coefficient (Wildman–Crippen LogP) is 2.00. The van der Waals surface area contributed by atoms with Crippen molar-refractivity contribution in [1.82, 2.24) is 10.3 Å². The van der Waals surface area contributed by atoms with E-state index >= 15 is 0 Å². The standard InChI is InChI=1S/C11H18N2OS/c1-10(2,9-12-4-5-15-9)13-6-11(3)7-14-8-11/h4-5,13H,6-8H2,1-3H3. The third kappa shape index (κ3) is 2.38. The molecule has 1 aliphatic heterocycles. The van der Waals surface area contributed by atoms with Crippen molar-refractivity contribution in [3.05, 3.63) is 16.6 Å². The van der Waals surface area contributed by atoms with Crippen LogP contribution in [0.3, 0.4) is 0 Å². The average Bonchev–Trinajstić information content (AvgIpc) is 2.65. The summed E-state index contributed by atoms with van der Waals surface area (Å²) in [5.74, 6) is 0. The maximum absolute atomic E-state index is 5.24. The molecule has 0 aliphatic carbocycles. The first-order valence-electron chi connectivity index (χ1n) is 5.25. The molecule has 2 rings (SSSR count). The lowest BCUT2D eigenvalue weighted by molar-refractivity contribution is -0.101. The van der Waals surface area contributed by atoms with Crippen LogP contribution in [-0.4, -0.2) is 24.7 Å². The van der Waals surface area contributed by atoms with Gasteiger partial charge in [-0.1, -0.05) is 6.92 Å². The molecule has 0 atom stereocenters. The predicted molar refractivity (Wildman–Crippen MR) is 62.1 cm³/mol. The van der Waals surface area contributed by atoms with E-state index in [2.05, 4.69) is 31.1 Å². The van der Waals surface area contributed by atoms with Crippen LogP contribution >= 0.6 is 11.3 Å². The first-order valence-corrected chi connectivity index (χ1v) is 6.13. The van der Waals surface area contributed by atoms with Crippen LogP contribution in [0.25, 0.3) is 0 Å². The summed E-state index contributed by atoms with van der Waals surface area (Å²) in [5, 5.41) is 6.74. The highest BCUT2D eigenvalue weighted by Gasteiger charge is 2.35. The minimum absolute atomic E-state index is 0.0350. The van der Waals surface area contributed by atoms with Crippen molar-refractivity contribution >= 4 is 11.3 Å². The van der Waals surface area contributed by atoms with Crippen LogP contribution in [0.15, 0.2) is 11.6 Å². The Balaban J connectivity index is 1.93. The smallest absolute Gasteiger partial charge is 0.112 e. The number of nitrogens with zero attached hydrogens (tertiary/aromatic N) is 1. The summed E-state index contributed by atoms with van der Waals surface area (Å²) in [6.45, 7) is 9.33. The molecule has 0 amide bonds. The van der Waals surface area contributed by atoms with E-state index in [4.69, 9.17) is 4.74 Å². The second-order valence-electron chi connectivity index (χ2n) is 5.12. The lowest BCUT2D eigenvalue weighted by Gasteiger charge is -2.40. The monoisotopic (exact) mass is 226 g/mol. The Bertz CT molecular complexity index is 317. The molecule has 1 saturated heterocycles. The van der Waals surface area contributed by atoms with E-state index < -0.39 is 0 Å². The highest BCUT2D eigenvalue weighted by molar-refractivity contribution is 7.09. The number of hydrogen-bond donors (Lipinski definition) is 1. The first-order chi connectivity index (χ1) is 7.02. The quantitative estimate of drug-likeness (QED) is 0.852. The van der Waals surface area contributed by atoms with E-state index in [1.165, 1.54) is 0 Å². The van der Waals surface area contributed by atoms with Crippen molar-refractivity contribution < 1.29 is 4.74 Å². The molecule has 0 saturated carbocycles. The van der Waals surface area contributed by atoms with Crippen LogP contribution in [0.1, 0.15) is 25.8 Å². The van der Waals surface area contributed by atoms with Gasteiger partial charge in [-0.25, -0.2) is 4.98 Å². The summed E-state index contributed by atoms with van der Waals surface area (Å²) in [6.07, 6.45) is 1.86.